The number of aromatic nitrogens is 1. The van der Waals surface area contributed by atoms with Gasteiger partial charge >= 0.3 is 0 Å². The first-order chi connectivity index (χ1) is 11.6. The molecule has 0 N–H and O–H groups in total. The quantitative estimate of drug-likeness (QED) is 0.682. The van der Waals surface area contributed by atoms with Crippen LogP contribution in [0.1, 0.15) is 23.0 Å². The fourth-order valence-corrected chi connectivity index (χ4v) is 3.74. The SMILES string of the molecule is CN1C(=O)C(c2ccccc2)C(c2cn(C)c3ccccc23)C1=O. The van der Waals surface area contributed by atoms with Gasteiger partial charge in [0.15, 0.2) is 0 Å². The lowest BCUT2D eigenvalue weighted by molar-refractivity contribution is -0.137. The summed E-state index contributed by atoms with van der Waals surface area (Å²) in [6.07, 6.45) is 1.98. The van der Waals surface area contributed by atoms with Crippen molar-refractivity contribution in [2.75, 3.05) is 7.05 Å². The smallest absolute Gasteiger partial charge is 0.237 e. The number of aryl methyl sites for hydroxylation is 1. The van der Waals surface area contributed by atoms with Gasteiger partial charge in [0.2, 0.25) is 11.8 Å². The number of para-hydroxylation sites is 1. The molecule has 4 nitrogen and oxygen atoms in total. The zero-order valence-corrected chi connectivity index (χ0v) is 13.6. The van der Waals surface area contributed by atoms with Crippen LogP contribution in [0, 0.1) is 0 Å². The highest BCUT2D eigenvalue weighted by atomic mass is 16.2. The maximum absolute atomic E-state index is 12.8. The van der Waals surface area contributed by atoms with Crippen molar-refractivity contribution in [2.45, 2.75) is 11.8 Å². The molecule has 1 aromatic heterocycles. The number of fused-ring (bicyclic) bond motifs is 1. The van der Waals surface area contributed by atoms with Crippen molar-refractivity contribution in [1.82, 2.24) is 9.47 Å². The normalized spacial score (nSPS) is 21.0. The van der Waals surface area contributed by atoms with Gasteiger partial charge in [-0.2, -0.15) is 0 Å². The summed E-state index contributed by atoms with van der Waals surface area (Å²) in [7, 11) is 3.54. The van der Waals surface area contributed by atoms with E-state index >= 15 is 0 Å². The van der Waals surface area contributed by atoms with E-state index in [0.29, 0.717) is 0 Å². The number of likely N-dealkylation sites (N-methyl/N-ethyl adjacent to an activating group) is 1. The number of rotatable bonds is 2. The summed E-state index contributed by atoms with van der Waals surface area (Å²) in [5.41, 5.74) is 2.87. The van der Waals surface area contributed by atoms with Crippen molar-refractivity contribution in [3.63, 3.8) is 0 Å². The van der Waals surface area contributed by atoms with Gasteiger partial charge in [-0.1, -0.05) is 48.5 Å². The molecule has 4 heteroatoms. The number of hydrogen-bond acceptors (Lipinski definition) is 2. The Morgan fingerprint density at radius 2 is 1.42 bits per heavy atom. The molecule has 24 heavy (non-hydrogen) atoms. The Morgan fingerprint density at radius 3 is 2.17 bits per heavy atom. The standard InChI is InChI=1S/C20H18N2O2/c1-21-12-15(14-10-6-7-11-16(14)21)18-17(13-8-4-3-5-9-13)19(23)22(2)20(18)24/h3-12,17-18H,1-2H3. The predicted octanol–water partition coefficient (Wildman–Crippen LogP) is 3.04. The molecule has 120 valence electrons. The molecular weight excluding hydrogens is 300 g/mol. The van der Waals surface area contributed by atoms with E-state index in [-0.39, 0.29) is 11.8 Å². The molecule has 2 amide bonds. The highest BCUT2D eigenvalue weighted by molar-refractivity contribution is 6.11. The predicted molar refractivity (Wildman–Crippen MR) is 92.6 cm³/mol. The van der Waals surface area contributed by atoms with Crippen LogP contribution in [0.15, 0.2) is 60.8 Å². The Kier molecular flexibility index (Phi) is 3.27. The maximum Gasteiger partial charge on any atom is 0.237 e. The van der Waals surface area contributed by atoms with E-state index in [1.807, 2.05) is 72.4 Å². The van der Waals surface area contributed by atoms with Gasteiger partial charge in [-0.15, -0.1) is 0 Å². The molecule has 0 spiro atoms. The Balaban J connectivity index is 1.93. The number of hydrogen-bond donors (Lipinski definition) is 0. The van der Waals surface area contributed by atoms with E-state index in [1.165, 1.54) is 4.90 Å². The molecule has 0 aliphatic carbocycles. The average Bonchev–Trinajstić information content (AvgIpc) is 3.05. The molecule has 3 aromatic rings. The van der Waals surface area contributed by atoms with E-state index in [4.69, 9.17) is 0 Å². The van der Waals surface area contributed by atoms with Crippen molar-refractivity contribution in [3.05, 3.63) is 71.9 Å². The van der Waals surface area contributed by atoms with Crippen LogP contribution >= 0.6 is 0 Å². The van der Waals surface area contributed by atoms with Crippen LogP contribution in [-0.2, 0) is 16.6 Å². The lowest BCUT2D eigenvalue weighted by Gasteiger charge is -2.15. The Morgan fingerprint density at radius 1 is 0.792 bits per heavy atom. The highest BCUT2D eigenvalue weighted by Gasteiger charge is 2.48. The van der Waals surface area contributed by atoms with Gasteiger partial charge in [-0.25, -0.2) is 0 Å². The monoisotopic (exact) mass is 318 g/mol. The first-order valence-corrected chi connectivity index (χ1v) is 8.00. The lowest BCUT2D eigenvalue weighted by atomic mass is 9.83. The molecule has 2 aromatic carbocycles. The number of carbonyl (C=O) groups is 2. The van der Waals surface area contributed by atoms with E-state index in [0.717, 1.165) is 22.0 Å². The van der Waals surface area contributed by atoms with Gasteiger partial charge in [-0.05, 0) is 17.2 Å². The first-order valence-electron chi connectivity index (χ1n) is 8.00. The zero-order chi connectivity index (χ0) is 16.8. The van der Waals surface area contributed by atoms with Gasteiger partial charge in [-0.3, -0.25) is 14.5 Å². The summed E-state index contributed by atoms with van der Waals surface area (Å²) in [5.74, 6) is -1.21. The third kappa shape index (κ3) is 1.99. The van der Waals surface area contributed by atoms with Crippen LogP contribution < -0.4 is 0 Å². The fraction of sp³-hybridized carbons (Fsp3) is 0.200. The van der Waals surface area contributed by atoms with Crippen molar-refractivity contribution in [3.8, 4) is 0 Å². The van der Waals surface area contributed by atoms with Crippen molar-refractivity contribution < 1.29 is 9.59 Å². The van der Waals surface area contributed by atoms with Crippen LogP contribution in [0.4, 0.5) is 0 Å². The van der Waals surface area contributed by atoms with Gasteiger partial charge in [0.1, 0.15) is 0 Å². The van der Waals surface area contributed by atoms with Crippen LogP contribution in [0.25, 0.3) is 10.9 Å². The molecule has 1 fully saturated rings. The largest absolute Gasteiger partial charge is 0.350 e. The number of amides is 2. The van der Waals surface area contributed by atoms with Crippen LogP contribution in [0.5, 0.6) is 0 Å². The molecule has 2 atom stereocenters. The minimum absolute atomic E-state index is 0.134. The van der Waals surface area contributed by atoms with Crippen molar-refractivity contribution >= 4 is 22.7 Å². The molecule has 1 aliphatic rings. The van der Waals surface area contributed by atoms with E-state index < -0.39 is 11.8 Å². The van der Waals surface area contributed by atoms with Crippen LogP contribution in [0.2, 0.25) is 0 Å². The molecule has 2 heterocycles. The van der Waals surface area contributed by atoms with Crippen LogP contribution in [-0.4, -0.2) is 28.3 Å². The summed E-state index contributed by atoms with van der Waals surface area (Å²) in [5, 5.41) is 1.03. The van der Waals surface area contributed by atoms with Crippen molar-refractivity contribution in [1.29, 1.82) is 0 Å². The van der Waals surface area contributed by atoms with Crippen LogP contribution in [0.3, 0.4) is 0 Å². The molecule has 1 saturated heterocycles. The second kappa shape index (κ2) is 5.34. The second-order valence-corrected chi connectivity index (χ2v) is 6.31. The molecule has 0 bridgehead atoms. The van der Waals surface area contributed by atoms with Gasteiger partial charge < -0.3 is 4.57 Å². The summed E-state index contributed by atoms with van der Waals surface area (Å²) in [6, 6.07) is 17.6. The van der Waals surface area contributed by atoms with E-state index in [9.17, 15) is 9.59 Å². The van der Waals surface area contributed by atoms with Gasteiger partial charge in [0.25, 0.3) is 0 Å². The Hall–Kier alpha value is -2.88. The van der Waals surface area contributed by atoms with Crippen molar-refractivity contribution in [2.24, 2.45) is 7.05 Å². The topological polar surface area (TPSA) is 42.3 Å². The highest BCUT2D eigenvalue weighted by Crippen LogP contribution is 2.43. The summed E-state index contributed by atoms with van der Waals surface area (Å²) in [6.45, 7) is 0. The maximum atomic E-state index is 12.8. The number of nitrogens with zero attached hydrogens (tertiary/aromatic N) is 2. The molecule has 2 unspecified atom stereocenters. The fourth-order valence-electron chi connectivity index (χ4n) is 3.74. The summed E-state index contributed by atoms with van der Waals surface area (Å²) >= 11 is 0. The Bertz CT molecular complexity index is 943. The third-order valence-electron chi connectivity index (χ3n) is 4.95. The first kappa shape index (κ1) is 14.7. The average molecular weight is 318 g/mol. The second-order valence-electron chi connectivity index (χ2n) is 6.31. The third-order valence-corrected chi connectivity index (χ3v) is 4.95. The van der Waals surface area contributed by atoms with E-state index in [2.05, 4.69) is 0 Å². The molecule has 0 radical (unpaired) electrons. The molecule has 0 saturated carbocycles. The van der Waals surface area contributed by atoms with Gasteiger partial charge in [0, 0.05) is 31.2 Å². The van der Waals surface area contributed by atoms with E-state index in [1.54, 1.807) is 7.05 Å². The lowest BCUT2D eigenvalue weighted by Crippen LogP contribution is -2.25. The van der Waals surface area contributed by atoms with Gasteiger partial charge in [0.05, 0.1) is 11.8 Å². The summed E-state index contributed by atoms with van der Waals surface area (Å²) < 4.78 is 2.02. The minimum Gasteiger partial charge on any atom is -0.350 e. The molecular formula is C20H18N2O2. The number of imide groups is 1. The minimum atomic E-state index is -0.476. The zero-order valence-electron chi connectivity index (χ0n) is 13.6. The summed E-state index contributed by atoms with van der Waals surface area (Å²) in [4.78, 5) is 26.9. The number of benzene rings is 2. The number of likely N-dealkylation sites (tertiary alicyclic amines) is 1. The molecule has 1 aliphatic heterocycles. The number of carbonyl (C=O) groups excluding carboxylic acids is 2. The molecule has 4 rings (SSSR count). The Labute approximate surface area is 140 Å².